The maximum Gasteiger partial charge on any atom is 0.257 e. The predicted octanol–water partition coefficient (Wildman–Crippen LogP) is 3.45. The fraction of sp³-hybridized carbons (Fsp3) is 0.625. The monoisotopic (exact) mass is 293 g/mol. The van der Waals surface area contributed by atoms with Crippen molar-refractivity contribution in [3.63, 3.8) is 0 Å². The number of carbonyl (C=O) groups is 1. The van der Waals surface area contributed by atoms with Crippen molar-refractivity contribution in [3.8, 4) is 0 Å². The van der Waals surface area contributed by atoms with Gasteiger partial charge in [0.25, 0.3) is 5.91 Å². The Balaban J connectivity index is 2.14. The van der Waals surface area contributed by atoms with E-state index in [4.69, 9.17) is 0 Å². The standard InChI is InChI=1S/C16H24FN3O/c1-3-10-18-15-14(17)13(9-11-19-15)16(21)20(2)12-7-5-4-6-8-12/h9,11-12H,3-8,10H2,1-2H3,(H,18,19). The third-order valence-corrected chi connectivity index (χ3v) is 4.10. The van der Waals surface area contributed by atoms with Crippen molar-refractivity contribution in [1.82, 2.24) is 9.88 Å². The lowest BCUT2D eigenvalue weighted by Crippen LogP contribution is -2.38. The summed E-state index contributed by atoms with van der Waals surface area (Å²) in [5.41, 5.74) is 0.108. The zero-order valence-corrected chi connectivity index (χ0v) is 12.9. The van der Waals surface area contributed by atoms with Crippen molar-refractivity contribution in [2.45, 2.75) is 51.5 Å². The van der Waals surface area contributed by atoms with E-state index in [0.29, 0.717) is 6.54 Å². The van der Waals surface area contributed by atoms with E-state index in [1.165, 1.54) is 18.7 Å². The lowest BCUT2D eigenvalue weighted by Gasteiger charge is -2.31. The molecule has 0 saturated heterocycles. The number of amides is 1. The van der Waals surface area contributed by atoms with Gasteiger partial charge >= 0.3 is 0 Å². The first-order chi connectivity index (χ1) is 10.1. The molecule has 1 heterocycles. The molecule has 0 aromatic carbocycles. The van der Waals surface area contributed by atoms with Crippen molar-refractivity contribution < 1.29 is 9.18 Å². The molecule has 1 saturated carbocycles. The highest BCUT2D eigenvalue weighted by molar-refractivity contribution is 5.95. The van der Waals surface area contributed by atoms with Crippen LogP contribution >= 0.6 is 0 Å². The number of aromatic nitrogens is 1. The highest BCUT2D eigenvalue weighted by atomic mass is 19.1. The Bertz CT molecular complexity index is 486. The van der Waals surface area contributed by atoms with Gasteiger partial charge in [-0.25, -0.2) is 9.37 Å². The van der Waals surface area contributed by atoms with E-state index in [9.17, 15) is 9.18 Å². The number of halogens is 1. The molecule has 0 spiro atoms. The Labute approximate surface area is 125 Å². The largest absolute Gasteiger partial charge is 0.368 e. The number of anilines is 1. The molecule has 4 nitrogen and oxygen atoms in total. The molecule has 1 aromatic heterocycles. The predicted molar refractivity (Wildman–Crippen MR) is 81.9 cm³/mol. The first-order valence-electron chi connectivity index (χ1n) is 7.80. The Morgan fingerprint density at radius 2 is 2.14 bits per heavy atom. The van der Waals surface area contributed by atoms with Gasteiger partial charge in [0.05, 0.1) is 5.56 Å². The van der Waals surface area contributed by atoms with Crippen molar-refractivity contribution in [1.29, 1.82) is 0 Å². The van der Waals surface area contributed by atoms with Crippen molar-refractivity contribution in [2.24, 2.45) is 0 Å². The Hall–Kier alpha value is -1.65. The summed E-state index contributed by atoms with van der Waals surface area (Å²) in [6.45, 7) is 2.64. The van der Waals surface area contributed by atoms with E-state index in [2.05, 4.69) is 10.3 Å². The summed E-state index contributed by atoms with van der Waals surface area (Å²) >= 11 is 0. The normalized spacial score (nSPS) is 15.8. The van der Waals surface area contributed by atoms with Gasteiger partial charge in [-0.05, 0) is 25.3 Å². The fourth-order valence-corrected chi connectivity index (χ4v) is 2.80. The summed E-state index contributed by atoms with van der Waals surface area (Å²) in [7, 11) is 1.78. The van der Waals surface area contributed by atoms with Crippen molar-refractivity contribution in [3.05, 3.63) is 23.6 Å². The molecule has 1 N–H and O–H groups in total. The van der Waals surface area contributed by atoms with Gasteiger partial charge in [-0.15, -0.1) is 0 Å². The Morgan fingerprint density at radius 3 is 2.81 bits per heavy atom. The zero-order chi connectivity index (χ0) is 15.2. The lowest BCUT2D eigenvalue weighted by molar-refractivity contribution is 0.0691. The van der Waals surface area contributed by atoms with Gasteiger partial charge in [-0.2, -0.15) is 0 Å². The van der Waals surface area contributed by atoms with E-state index in [1.54, 1.807) is 11.9 Å². The fourth-order valence-electron chi connectivity index (χ4n) is 2.80. The van der Waals surface area contributed by atoms with Gasteiger partial charge in [0.1, 0.15) is 0 Å². The first kappa shape index (κ1) is 15.7. The van der Waals surface area contributed by atoms with E-state index in [1.807, 2.05) is 6.92 Å². The highest BCUT2D eigenvalue weighted by Gasteiger charge is 2.25. The summed E-state index contributed by atoms with van der Waals surface area (Å²) in [4.78, 5) is 18.2. The first-order valence-corrected chi connectivity index (χ1v) is 7.80. The third-order valence-electron chi connectivity index (χ3n) is 4.10. The molecule has 1 aliphatic carbocycles. The maximum absolute atomic E-state index is 14.4. The molecule has 1 aromatic rings. The van der Waals surface area contributed by atoms with E-state index in [-0.39, 0.29) is 23.3 Å². The molecule has 0 aliphatic heterocycles. The molecule has 0 unspecified atom stereocenters. The summed E-state index contributed by atoms with van der Waals surface area (Å²) in [5, 5.41) is 2.92. The number of rotatable bonds is 5. The van der Waals surface area contributed by atoms with Crippen LogP contribution in [-0.4, -0.2) is 35.4 Å². The van der Waals surface area contributed by atoms with E-state index < -0.39 is 5.82 Å². The average molecular weight is 293 g/mol. The molecule has 1 amide bonds. The minimum atomic E-state index is -0.543. The van der Waals surface area contributed by atoms with Gasteiger partial charge in [-0.3, -0.25) is 4.79 Å². The van der Waals surface area contributed by atoms with Crippen LogP contribution in [0.3, 0.4) is 0 Å². The smallest absolute Gasteiger partial charge is 0.257 e. The quantitative estimate of drug-likeness (QED) is 0.904. The molecule has 5 heteroatoms. The van der Waals surface area contributed by atoms with Crippen LogP contribution in [-0.2, 0) is 0 Å². The van der Waals surface area contributed by atoms with E-state index >= 15 is 0 Å². The number of carbonyl (C=O) groups excluding carboxylic acids is 1. The second-order valence-corrected chi connectivity index (χ2v) is 5.66. The molecule has 2 rings (SSSR count). The summed E-state index contributed by atoms with van der Waals surface area (Å²) < 4.78 is 14.4. The molecular weight excluding hydrogens is 269 g/mol. The number of pyridine rings is 1. The van der Waals surface area contributed by atoms with Gasteiger partial charge < -0.3 is 10.2 Å². The van der Waals surface area contributed by atoms with Gasteiger partial charge in [0.15, 0.2) is 11.6 Å². The highest BCUT2D eigenvalue weighted by Crippen LogP contribution is 2.24. The van der Waals surface area contributed by atoms with Gasteiger partial charge in [-0.1, -0.05) is 26.2 Å². The number of nitrogens with one attached hydrogen (secondary N) is 1. The number of nitrogens with zero attached hydrogens (tertiary/aromatic N) is 2. The topological polar surface area (TPSA) is 45.2 Å². The minimum absolute atomic E-state index is 0.108. The molecule has 0 bridgehead atoms. The number of hydrogen-bond donors (Lipinski definition) is 1. The summed E-state index contributed by atoms with van der Waals surface area (Å²) in [5.74, 6) is -0.625. The second-order valence-electron chi connectivity index (χ2n) is 5.66. The Morgan fingerprint density at radius 1 is 1.43 bits per heavy atom. The van der Waals surface area contributed by atoms with Crippen LogP contribution in [0.2, 0.25) is 0 Å². The minimum Gasteiger partial charge on any atom is -0.368 e. The summed E-state index contributed by atoms with van der Waals surface area (Å²) in [6.07, 6.45) is 7.90. The van der Waals surface area contributed by atoms with Crippen molar-refractivity contribution in [2.75, 3.05) is 18.9 Å². The molecule has 1 fully saturated rings. The molecule has 116 valence electrons. The van der Waals surface area contributed by atoms with Gasteiger partial charge in [0.2, 0.25) is 0 Å². The van der Waals surface area contributed by atoms with Crippen LogP contribution in [0.1, 0.15) is 55.8 Å². The van der Waals surface area contributed by atoms with Crippen LogP contribution in [0, 0.1) is 5.82 Å². The molecular formula is C16H24FN3O. The van der Waals surface area contributed by atoms with Crippen LogP contribution in [0.4, 0.5) is 10.2 Å². The van der Waals surface area contributed by atoms with Crippen molar-refractivity contribution >= 4 is 11.7 Å². The zero-order valence-electron chi connectivity index (χ0n) is 12.9. The lowest BCUT2D eigenvalue weighted by atomic mass is 9.94. The van der Waals surface area contributed by atoms with Crippen LogP contribution in [0.25, 0.3) is 0 Å². The van der Waals surface area contributed by atoms with Crippen LogP contribution in [0.15, 0.2) is 12.3 Å². The summed E-state index contributed by atoms with van der Waals surface area (Å²) in [6, 6.07) is 1.69. The molecule has 21 heavy (non-hydrogen) atoms. The van der Waals surface area contributed by atoms with E-state index in [0.717, 1.165) is 32.1 Å². The van der Waals surface area contributed by atoms with Crippen LogP contribution in [0.5, 0.6) is 0 Å². The number of hydrogen-bond acceptors (Lipinski definition) is 3. The maximum atomic E-state index is 14.4. The third kappa shape index (κ3) is 3.71. The second kappa shape index (κ2) is 7.38. The van der Waals surface area contributed by atoms with Gasteiger partial charge in [0, 0.05) is 25.8 Å². The molecule has 0 atom stereocenters. The molecule has 1 aliphatic rings. The SMILES string of the molecule is CCCNc1nccc(C(=O)N(C)C2CCCCC2)c1F. The van der Waals surface area contributed by atoms with Crippen LogP contribution < -0.4 is 5.32 Å². The Kier molecular flexibility index (Phi) is 5.53. The average Bonchev–Trinajstić information content (AvgIpc) is 2.53. The molecule has 0 radical (unpaired) electrons.